The molecule has 1 heterocycles. The highest BCUT2D eigenvalue weighted by Gasteiger charge is 2.05. The fourth-order valence-electron chi connectivity index (χ4n) is 1.51. The van der Waals surface area contributed by atoms with Crippen LogP contribution in [0.15, 0.2) is 35.3 Å². The summed E-state index contributed by atoms with van der Waals surface area (Å²) in [4.78, 5) is 16.1. The van der Waals surface area contributed by atoms with Crippen molar-refractivity contribution in [2.75, 3.05) is 0 Å². The molecule has 0 saturated carbocycles. The molecule has 0 amide bonds. The number of hydrogen-bond donors (Lipinski definition) is 0. The molecule has 88 valence electrons. The maximum absolute atomic E-state index is 12.0. The normalized spacial score (nSPS) is 10.5. The van der Waals surface area contributed by atoms with Crippen LogP contribution in [0.4, 0.5) is 0 Å². The highest BCUT2D eigenvalue weighted by atomic mass is 127. The van der Waals surface area contributed by atoms with Crippen LogP contribution in [0.2, 0.25) is 5.02 Å². The Morgan fingerprint density at radius 2 is 2.00 bits per heavy atom. The Morgan fingerprint density at radius 3 is 2.65 bits per heavy atom. The minimum absolute atomic E-state index is 0.00644. The van der Waals surface area contributed by atoms with Gasteiger partial charge < -0.3 is 0 Å². The zero-order valence-electron chi connectivity index (χ0n) is 9.15. The summed E-state index contributed by atoms with van der Waals surface area (Å²) in [6.07, 6.45) is 1.59. The van der Waals surface area contributed by atoms with Crippen LogP contribution in [0.5, 0.6) is 0 Å². The van der Waals surface area contributed by atoms with Crippen molar-refractivity contribution >= 4 is 34.2 Å². The Labute approximate surface area is 118 Å². The number of aryl methyl sites for hydroxylation is 1. The first kappa shape index (κ1) is 12.6. The number of nitrogens with zero attached hydrogens (tertiary/aromatic N) is 2. The zero-order chi connectivity index (χ0) is 12.4. The zero-order valence-corrected chi connectivity index (χ0v) is 12.1. The third-order valence-corrected chi connectivity index (χ3v) is 3.45. The number of aromatic nitrogens is 2. The lowest BCUT2D eigenvalue weighted by Crippen LogP contribution is -2.26. The van der Waals surface area contributed by atoms with Gasteiger partial charge >= 0.3 is 0 Å². The molecule has 0 atom stereocenters. The van der Waals surface area contributed by atoms with Crippen molar-refractivity contribution in [2.45, 2.75) is 13.5 Å². The summed E-state index contributed by atoms with van der Waals surface area (Å²) in [5, 5.41) is 0.693. The van der Waals surface area contributed by atoms with Crippen LogP contribution < -0.4 is 5.56 Å². The molecule has 0 N–H and O–H groups in total. The van der Waals surface area contributed by atoms with E-state index in [0.717, 1.165) is 5.56 Å². The summed E-state index contributed by atoms with van der Waals surface area (Å²) in [5.74, 6) is 0.713. The van der Waals surface area contributed by atoms with Crippen molar-refractivity contribution in [3.8, 4) is 0 Å². The monoisotopic (exact) mass is 360 g/mol. The Bertz CT molecular complexity index is 592. The average Bonchev–Trinajstić information content (AvgIpc) is 2.32. The van der Waals surface area contributed by atoms with Crippen LogP contribution in [0.3, 0.4) is 0 Å². The van der Waals surface area contributed by atoms with Crippen molar-refractivity contribution in [1.29, 1.82) is 0 Å². The average molecular weight is 361 g/mol. The second-order valence-corrected chi connectivity index (χ2v) is 5.27. The summed E-state index contributed by atoms with van der Waals surface area (Å²) < 4.78 is 2.28. The Hall–Kier alpha value is -0.880. The van der Waals surface area contributed by atoms with Crippen molar-refractivity contribution in [2.24, 2.45) is 0 Å². The molecule has 2 aromatic rings. The molecule has 0 aliphatic rings. The van der Waals surface area contributed by atoms with Crippen molar-refractivity contribution < 1.29 is 0 Å². The van der Waals surface area contributed by atoms with Gasteiger partial charge in [0, 0.05) is 11.2 Å². The second kappa shape index (κ2) is 5.18. The molecule has 0 bridgehead atoms. The van der Waals surface area contributed by atoms with Crippen LogP contribution >= 0.6 is 34.2 Å². The van der Waals surface area contributed by atoms with Gasteiger partial charge in [-0.15, -0.1) is 0 Å². The maximum atomic E-state index is 12.0. The highest BCUT2D eigenvalue weighted by Crippen LogP contribution is 2.10. The van der Waals surface area contributed by atoms with Crippen LogP contribution in [0.1, 0.15) is 11.4 Å². The Morgan fingerprint density at radius 1 is 1.35 bits per heavy atom. The van der Waals surface area contributed by atoms with Crippen LogP contribution in [-0.2, 0) is 6.54 Å². The van der Waals surface area contributed by atoms with Gasteiger partial charge in [0.1, 0.15) is 5.82 Å². The SMILES string of the molecule is Cc1ncc(I)c(=O)n1Cc1ccc(Cl)cc1. The van der Waals surface area contributed by atoms with E-state index in [1.807, 2.05) is 53.8 Å². The standard InChI is InChI=1S/C12H10ClIN2O/c1-8-15-6-11(14)12(17)16(8)7-9-2-4-10(13)5-3-9/h2-6H,7H2,1H3. The molecule has 0 aliphatic carbocycles. The lowest BCUT2D eigenvalue weighted by molar-refractivity contribution is 0.695. The number of halogens is 2. The summed E-state index contributed by atoms with van der Waals surface area (Å²) in [6.45, 7) is 2.35. The maximum Gasteiger partial charge on any atom is 0.267 e. The van der Waals surface area contributed by atoms with Gasteiger partial charge in [-0.25, -0.2) is 4.98 Å². The summed E-state index contributed by atoms with van der Waals surface area (Å²) >= 11 is 7.82. The van der Waals surface area contributed by atoms with Crippen molar-refractivity contribution in [3.63, 3.8) is 0 Å². The largest absolute Gasteiger partial charge is 0.292 e. The molecule has 1 aromatic heterocycles. The van der Waals surface area contributed by atoms with E-state index in [1.165, 1.54) is 0 Å². The first-order valence-corrected chi connectivity index (χ1v) is 6.50. The van der Waals surface area contributed by atoms with E-state index in [9.17, 15) is 4.79 Å². The van der Waals surface area contributed by atoms with E-state index in [1.54, 1.807) is 10.8 Å². The van der Waals surface area contributed by atoms with Gasteiger partial charge in [-0.2, -0.15) is 0 Å². The molecule has 2 rings (SSSR count). The molecule has 17 heavy (non-hydrogen) atoms. The van der Waals surface area contributed by atoms with Gasteiger partial charge in [-0.3, -0.25) is 9.36 Å². The van der Waals surface area contributed by atoms with Crippen LogP contribution in [-0.4, -0.2) is 9.55 Å². The van der Waals surface area contributed by atoms with E-state index < -0.39 is 0 Å². The topological polar surface area (TPSA) is 34.9 Å². The summed E-state index contributed by atoms with van der Waals surface area (Å²) in [5.41, 5.74) is 1.02. The fraction of sp³-hybridized carbons (Fsp3) is 0.167. The van der Waals surface area contributed by atoms with E-state index in [0.29, 0.717) is 21.0 Å². The minimum atomic E-state index is -0.00644. The molecule has 0 unspecified atom stereocenters. The quantitative estimate of drug-likeness (QED) is 0.772. The third-order valence-electron chi connectivity index (χ3n) is 2.46. The predicted octanol–water partition coefficient (Wildman–Crippen LogP) is 2.86. The second-order valence-electron chi connectivity index (χ2n) is 3.67. The predicted molar refractivity (Wildman–Crippen MR) is 76.5 cm³/mol. The molecule has 5 heteroatoms. The number of rotatable bonds is 2. The molecule has 0 aliphatic heterocycles. The molecular formula is C12H10ClIN2O. The smallest absolute Gasteiger partial charge is 0.267 e. The van der Waals surface area contributed by atoms with Crippen LogP contribution in [0.25, 0.3) is 0 Å². The first-order valence-electron chi connectivity index (χ1n) is 5.04. The van der Waals surface area contributed by atoms with E-state index in [2.05, 4.69) is 4.98 Å². The highest BCUT2D eigenvalue weighted by molar-refractivity contribution is 14.1. The van der Waals surface area contributed by atoms with Gasteiger partial charge in [0.2, 0.25) is 0 Å². The van der Waals surface area contributed by atoms with Gasteiger partial charge in [-0.1, -0.05) is 23.7 Å². The van der Waals surface area contributed by atoms with E-state index >= 15 is 0 Å². The van der Waals surface area contributed by atoms with Gasteiger partial charge in [-0.05, 0) is 47.2 Å². The number of benzene rings is 1. The summed E-state index contributed by atoms with van der Waals surface area (Å²) in [6, 6.07) is 7.46. The Balaban J connectivity index is 2.39. The molecule has 0 saturated heterocycles. The minimum Gasteiger partial charge on any atom is -0.292 e. The van der Waals surface area contributed by atoms with Gasteiger partial charge in [0.05, 0.1) is 10.1 Å². The van der Waals surface area contributed by atoms with E-state index in [-0.39, 0.29) is 5.56 Å². The molecule has 3 nitrogen and oxygen atoms in total. The molecule has 0 spiro atoms. The first-order chi connectivity index (χ1) is 8.08. The van der Waals surface area contributed by atoms with E-state index in [4.69, 9.17) is 11.6 Å². The Kier molecular flexibility index (Phi) is 3.83. The van der Waals surface area contributed by atoms with Crippen molar-refractivity contribution in [3.05, 3.63) is 60.8 Å². The lowest BCUT2D eigenvalue weighted by Gasteiger charge is -2.09. The third kappa shape index (κ3) is 2.87. The molecule has 0 radical (unpaired) electrons. The van der Waals surface area contributed by atoms with Crippen molar-refractivity contribution in [1.82, 2.24) is 9.55 Å². The van der Waals surface area contributed by atoms with Gasteiger partial charge in [0.25, 0.3) is 5.56 Å². The molecule has 0 fully saturated rings. The number of hydrogen-bond acceptors (Lipinski definition) is 2. The van der Waals surface area contributed by atoms with Crippen LogP contribution in [0, 0.1) is 10.5 Å². The van der Waals surface area contributed by atoms with Gasteiger partial charge in [0.15, 0.2) is 0 Å². The fourth-order valence-corrected chi connectivity index (χ4v) is 2.07. The molecular weight excluding hydrogens is 351 g/mol. The summed E-state index contributed by atoms with van der Waals surface area (Å²) in [7, 11) is 0. The lowest BCUT2D eigenvalue weighted by atomic mass is 10.2. The molecule has 1 aromatic carbocycles.